The smallest absolute Gasteiger partial charge is 0.360 e. The zero-order valence-corrected chi connectivity index (χ0v) is 13.2. The molecule has 0 amide bonds. The quantitative estimate of drug-likeness (QED) is 0.336. The van der Waals surface area contributed by atoms with Crippen LogP contribution in [0.4, 0.5) is 5.13 Å². The van der Waals surface area contributed by atoms with E-state index in [1.54, 1.807) is 26.7 Å². The predicted molar refractivity (Wildman–Crippen MR) is 81.3 cm³/mol. The fraction of sp³-hybridized carbons (Fsp3) is 0.462. The summed E-state index contributed by atoms with van der Waals surface area (Å²) in [5.74, 6) is 0.288. The summed E-state index contributed by atoms with van der Waals surface area (Å²) in [5.41, 5.74) is 4.60. The molecule has 0 aliphatic carbocycles. The molecule has 0 aliphatic rings. The van der Waals surface area contributed by atoms with E-state index < -0.39 is 23.6 Å². The summed E-state index contributed by atoms with van der Waals surface area (Å²) in [6.45, 7) is 5.37. The molecule has 1 unspecified atom stereocenters. The molecule has 0 bridgehead atoms. The Kier molecular flexibility index (Phi) is 6.24. The number of ether oxygens (including phenoxy) is 1. The van der Waals surface area contributed by atoms with E-state index in [1.165, 1.54) is 11.5 Å². The summed E-state index contributed by atoms with van der Waals surface area (Å²) in [4.78, 5) is 30.5. The number of carbonyl (C=O) groups is 1. The third-order valence-corrected chi connectivity index (χ3v) is 2.78. The van der Waals surface area contributed by atoms with Gasteiger partial charge in [0.15, 0.2) is 5.13 Å². The summed E-state index contributed by atoms with van der Waals surface area (Å²) < 4.78 is 5.54. The highest BCUT2D eigenvalue weighted by atomic mass is 32.1. The van der Waals surface area contributed by atoms with Crippen LogP contribution in [-0.2, 0) is 19.2 Å². The molecule has 1 aromatic heterocycles. The second kappa shape index (κ2) is 7.69. The lowest BCUT2D eigenvalue weighted by Gasteiger charge is -2.24. The number of thiazole rings is 1. The largest absolute Gasteiger partial charge is 0.476 e. The summed E-state index contributed by atoms with van der Waals surface area (Å²) in [7, 11) is 0. The third kappa shape index (κ3) is 6.04. The van der Waals surface area contributed by atoms with Crippen LogP contribution in [0, 0.1) is 0 Å². The summed E-state index contributed by atoms with van der Waals surface area (Å²) in [6, 6.07) is 0. The normalized spacial score (nSPS) is 13.3. The lowest BCUT2D eigenvalue weighted by atomic mass is 10.2. The van der Waals surface area contributed by atoms with E-state index in [9.17, 15) is 9.59 Å². The van der Waals surface area contributed by atoms with Crippen molar-refractivity contribution in [2.24, 2.45) is 5.16 Å². The predicted octanol–water partition coefficient (Wildman–Crippen LogP) is 1.45. The first-order chi connectivity index (χ1) is 10.2. The SMILES string of the molecule is CC(C)(C)OC(CC=C=O)ON=C(C(=O)O)c1csc(N)n1. The first-order valence-corrected chi connectivity index (χ1v) is 7.16. The van der Waals surface area contributed by atoms with Crippen LogP contribution in [0.1, 0.15) is 32.9 Å². The number of carboxylic acids is 1. The van der Waals surface area contributed by atoms with Crippen molar-refractivity contribution < 1.29 is 24.3 Å². The van der Waals surface area contributed by atoms with Gasteiger partial charge < -0.3 is 20.4 Å². The van der Waals surface area contributed by atoms with Gasteiger partial charge in [-0.05, 0) is 20.8 Å². The van der Waals surface area contributed by atoms with Gasteiger partial charge in [-0.25, -0.2) is 14.6 Å². The van der Waals surface area contributed by atoms with E-state index in [-0.39, 0.29) is 17.2 Å². The molecule has 120 valence electrons. The molecule has 1 atom stereocenters. The zero-order valence-electron chi connectivity index (χ0n) is 12.4. The second-order valence-corrected chi connectivity index (χ2v) is 6.03. The topological polar surface area (TPSA) is 124 Å². The van der Waals surface area contributed by atoms with Crippen LogP contribution < -0.4 is 5.73 Å². The molecule has 9 heteroatoms. The van der Waals surface area contributed by atoms with Crippen LogP contribution in [0.25, 0.3) is 0 Å². The van der Waals surface area contributed by atoms with E-state index in [0.29, 0.717) is 0 Å². The van der Waals surface area contributed by atoms with Gasteiger partial charge >= 0.3 is 5.97 Å². The van der Waals surface area contributed by atoms with Crippen LogP contribution in [0.5, 0.6) is 0 Å². The lowest BCUT2D eigenvalue weighted by Crippen LogP contribution is -2.29. The van der Waals surface area contributed by atoms with Crippen molar-refractivity contribution in [3.63, 3.8) is 0 Å². The number of anilines is 1. The Morgan fingerprint density at radius 1 is 1.64 bits per heavy atom. The van der Waals surface area contributed by atoms with Crippen molar-refractivity contribution in [2.75, 3.05) is 5.73 Å². The van der Waals surface area contributed by atoms with E-state index in [4.69, 9.17) is 20.4 Å². The van der Waals surface area contributed by atoms with Gasteiger partial charge in [0.25, 0.3) is 0 Å². The molecule has 0 aromatic carbocycles. The number of carboxylic acid groups (broad SMARTS) is 1. The van der Waals surface area contributed by atoms with Gasteiger partial charge in [-0.3, -0.25) is 0 Å². The molecule has 1 aromatic rings. The molecule has 1 heterocycles. The number of hydrogen-bond acceptors (Lipinski definition) is 8. The molecule has 0 radical (unpaired) electrons. The number of nitrogens with two attached hydrogens (primary N) is 1. The van der Waals surface area contributed by atoms with Gasteiger partial charge in [-0.15, -0.1) is 11.3 Å². The molecule has 0 saturated heterocycles. The average molecular weight is 327 g/mol. The van der Waals surface area contributed by atoms with E-state index in [0.717, 1.165) is 11.3 Å². The van der Waals surface area contributed by atoms with Crippen LogP contribution in [0.2, 0.25) is 0 Å². The van der Waals surface area contributed by atoms with Crippen molar-refractivity contribution in [3.05, 3.63) is 17.2 Å². The Labute approximate surface area is 131 Å². The van der Waals surface area contributed by atoms with E-state index >= 15 is 0 Å². The highest BCUT2D eigenvalue weighted by Gasteiger charge is 2.22. The van der Waals surface area contributed by atoms with Crippen molar-refractivity contribution in [2.45, 2.75) is 39.1 Å². The molecule has 0 saturated carbocycles. The summed E-state index contributed by atoms with van der Waals surface area (Å²) in [5, 5.41) is 14.4. The molecule has 0 spiro atoms. The average Bonchev–Trinajstić information content (AvgIpc) is 2.80. The lowest BCUT2D eigenvalue weighted by molar-refractivity contribution is -0.193. The van der Waals surface area contributed by atoms with E-state index in [2.05, 4.69) is 10.1 Å². The minimum atomic E-state index is -1.31. The molecule has 22 heavy (non-hydrogen) atoms. The van der Waals surface area contributed by atoms with Crippen molar-refractivity contribution >= 4 is 34.1 Å². The molecular weight excluding hydrogens is 310 g/mol. The number of aliphatic carboxylic acids is 1. The van der Waals surface area contributed by atoms with Gasteiger partial charge in [-0.2, -0.15) is 0 Å². The van der Waals surface area contributed by atoms with Gasteiger partial charge in [0.05, 0.1) is 5.60 Å². The maximum Gasteiger partial charge on any atom is 0.360 e. The van der Waals surface area contributed by atoms with Gasteiger partial charge in [0, 0.05) is 17.9 Å². The Bertz CT molecular complexity index is 599. The number of rotatable bonds is 7. The third-order valence-electron chi connectivity index (χ3n) is 2.11. The monoisotopic (exact) mass is 327 g/mol. The maximum absolute atomic E-state index is 11.2. The first kappa shape index (κ1) is 17.8. The zero-order chi connectivity index (χ0) is 16.8. The molecule has 3 N–H and O–H groups in total. The molecule has 1 rings (SSSR count). The van der Waals surface area contributed by atoms with Crippen LogP contribution >= 0.6 is 11.3 Å². The van der Waals surface area contributed by atoms with E-state index in [1.807, 2.05) is 0 Å². The Morgan fingerprint density at radius 3 is 2.77 bits per heavy atom. The fourth-order valence-corrected chi connectivity index (χ4v) is 1.90. The number of aromatic nitrogens is 1. The standard InChI is InChI=1S/C13H17N3O5S/c1-13(2,3)20-9(5-4-6-17)21-16-10(11(18)19)8-7-22-12(14)15-8/h4,7,9H,5H2,1-3H3,(H2,14,15)(H,18,19). The second-order valence-electron chi connectivity index (χ2n) is 5.14. The van der Waals surface area contributed by atoms with Crippen molar-refractivity contribution in [1.29, 1.82) is 0 Å². The molecular formula is C13H17N3O5S. The number of nitrogen functional groups attached to an aromatic ring is 1. The van der Waals surface area contributed by atoms with Gasteiger partial charge in [0.2, 0.25) is 12.0 Å². The van der Waals surface area contributed by atoms with Gasteiger partial charge in [-0.1, -0.05) is 5.16 Å². The maximum atomic E-state index is 11.2. The minimum Gasteiger partial charge on any atom is -0.476 e. The van der Waals surface area contributed by atoms with Crippen LogP contribution in [0.15, 0.2) is 16.6 Å². The number of hydrogen-bond donors (Lipinski definition) is 2. The highest BCUT2D eigenvalue weighted by molar-refractivity contribution is 7.13. The van der Waals surface area contributed by atoms with Crippen LogP contribution in [-0.4, -0.2) is 39.6 Å². The number of oxime groups is 1. The van der Waals surface area contributed by atoms with Crippen molar-refractivity contribution in [1.82, 2.24) is 4.98 Å². The molecule has 0 aliphatic heterocycles. The molecule has 8 nitrogen and oxygen atoms in total. The summed E-state index contributed by atoms with van der Waals surface area (Å²) in [6.07, 6.45) is 0.329. The Balaban J connectivity index is 2.93. The number of carbonyl (C=O) groups excluding carboxylic acids is 1. The van der Waals surface area contributed by atoms with Crippen molar-refractivity contribution in [3.8, 4) is 0 Å². The molecule has 0 fully saturated rings. The highest BCUT2D eigenvalue weighted by Crippen LogP contribution is 2.16. The van der Waals surface area contributed by atoms with Gasteiger partial charge in [0.1, 0.15) is 11.6 Å². The summed E-state index contributed by atoms with van der Waals surface area (Å²) >= 11 is 1.09. The Morgan fingerprint density at radius 2 is 2.32 bits per heavy atom. The number of nitrogens with zero attached hydrogens (tertiary/aromatic N) is 2. The Hall–Kier alpha value is -2.22. The fourth-order valence-electron chi connectivity index (χ4n) is 1.35. The van der Waals surface area contributed by atoms with Crippen LogP contribution in [0.3, 0.4) is 0 Å². The minimum absolute atomic E-state index is 0.0797. The first-order valence-electron chi connectivity index (χ1n) is 6.28.